The molecule has 1 heterocycles. The van der Waals surface area contributed by atoms with Crippen LogP contribution in [-0.4, -0.2) is 35.6 Å². The maximum atomic E-state index is 12.8. The topological polar surface area (TPSA) is 49.8 Å². The number of hydrogen-bond donors (Lipinski definition) is 1. The van der Waals surface area contributed by atoms with Gasteiger partial charge in [0.05, 0.1) is 23.2 Å². The molecular weight excluding hydrogens is 349 g/mol. The Balaban J connectivity index is 1.81. The standard InChI is InChI=1S/C18H17Cl2NO3/c1-11-13(3-2-4-16(11)22)18(23)21-7-8-24-17(10-21)12-5-6-14(19)15(20)9-12/h2-6,9,17,22H,7-8,10H2,1H3/t17-/m0/s1. The maximum absolute atomic E-state index is 12.8. The minimum atomic E-state index is -0.255. The quantitative estimate of drug-likeness (QED) is 0.866. The molecule has 126 valence electrons. The van der Waals surface area contributed by atoms with Crippen molar-refractivity contribution in [1.82, 2.24) is 4.90 Å². The first-order chi connectivity index (χ1) is 11.5. The zero-order valence-electron chi connectivity index (χ0n) is 13.1. The molecule has 0 unspecified atom stereocenters. The zero-order valence-corrected chi connectivity index (χ0v) is 14.6. The predicted molar refractivity (Wildman–Crippen MR) is 93.9 cm³/mol. The van der Waals surface area contributed by atoms with E-state index < -0.39 is 0 Å². The fraction of sp³-hybridized carbons (Fsp3) is 0.278. The summed E-state index contributed by atoms with van der Waals surface area (Å²) in [4.78, 5) is 14.5. The van der Waals surface area contributed by atoms with Gasteiger partial charge in [-0.3, -0.25) is 4.79 Å². The molecular formula is C18H17Cl2NO3. The van der Waals surface area contributed by atoms with Crippen LogP contribution in [0.3, 0.4) is 0 Å². The Labute approximate surface area is 150 Å². The molecule has 6 heteroatoms. The van der Waals surface area contributed by atoms with Gasteiger partial charge in [-0.15, -0.1) is 0 Å². The lowest BCUT2D eigenvalue weighted by molar-refractivity contribution is -0.0228. The van der Waals surface area contributed by atoms with Crippen LogP contribution in [0.4, 0.5) is 0 Å². The fourth-order valence-electron chi connectivity index (χ4n) is 2.77. The smallest absolute Gasteiger partial charge is 0.254 e. The number of amides is 1. The van der Waals surface area contributed by atoms with Gasteiger partial charge in [0.1, 0.15) is 11.9 Å². The maximum Gasteiger partial charge on any atom is 0.254 e. The number of halogens is 2. The molecule has 0 aliphatic carbocycles. The first-order valence-corrected chi connectivity index (χ1v) is 8.37. The Morgan fingerprint density at radius 3 is 2.79 bits per heavy atom. The number of morpholine rings is 1. The van der Waals surface area contributed by atoms with Crippen molar-refractivity contribution in [2.75, 3.05) is 19.7 Å². The second kappa shape index (κ2) is 7.01. The molecule has 2 aromatic carbocycles. The highest BCUT2D eigenvalue weighted by molar-refractivity contribution is 6.42. The molecule has 1 saturated heterocycles. The highest BCUT2D eigenvalue weighted by atomic mass is 35.5. The largest absolute Gasteiger partial charge is 0.508 e. The molecule has 0 aromatic heterocycles. The van der Waals surface area contributed by atoms with Crippen LogP contribution in [-0.2, 0) is 4.74 Å². The summed E-state index contributed by atoms with van der Waals surface area (Å²) in [6.45, 7) is 3.10. The molecule has 0 spiro atoms. The third-order valence-corrected chi connectivity index (χ3v) is 4.94. The van der Waals surface area contributed by atoms with Crippen LogP contribution in [0.2, 0.25) is 10.0 Å². The van der Waals surface area contributed by atoms with Gasteiger partial charge in [0.2, 0.25) is 0 Å². The van der Waals surface area contributed by atoms with Crippen molar-refractivity contribution in [3.8, 4) is 5.75 Å². The Kier molecular flexibility index (Phi) is 4.99. The molecule has 0 bridgehead atoms. The van der Waals surface area contributed by atoms with E-state index in [2.05, 4.69) is 0 Å². The molecule has 1 amide bonds. The van der Waals surface area contributed by atoms with Crippen LogP contribution in [0, 0.1) is 6.92 Å². The molecule has 1 aliphatic heterocycles. The summed E-state index contributed by atoms with van der Waals surface area (Å²) in [6.07, 6.45) is -0.255. The Hall–Kier alpha value is -1.75. The van der Waals surface area contributed by atoms with E-state index in [1.165, 1.54) is 0 Å². The monoisotopic (exact) mass is 365 g/mol. The van der Waals surface area contributed by atoms with Gasteiger partial charge in [0.25, 0.3) is 5.91 Å². The SMILES string of the molecule is Cc1c(O)cccc1C(=O)N1CCO[C@H](c2ccc(Cl)c(Cl)c2)C1. The summed E-state index contributed by atoms with van der Waals surface area (Å²) in [5.41, 5.74) is 1.97. The van der Waals surface area contributed by atoms with Crippen molar-refractivity contribution in [3.63, 3.8) is 0 Å². The molecule has 2 aromatic rings. The average molecular weight is 366 g/mol. The normalized spacial score (nSPS) is 17.8. The van der Waals surface area contributed by atoms with Crippen molar-refractivity contribution in [2.24, 2.45) is 0 Å². The van der Waals surface area contributed by atoms with Crippen LogP contribution in [0.1, 0.15) is 27.6 Å². The van der Waals surface area contributed by atoms with Crippen LogP contribution in [0.5, 0.6) is 5.75 Å². The van der Waals surface area contributed by atoms with Crippen molar-refractivity contribution in [3.05, 3.63) is 63.1 Å². The van der Waals surface area contributed by atoms with E-state index in [0.717, 1.165) is 5.56 Å². The van der Waals surface area contributed by atoms with E-state index in [-0.39, 0.29) is 17.8 Å². The number of carbonyl (C=O) groups excluding carboxylic acids is 1. The van der Waals surface area contributed by atoms with E-state index in [9.17, 15) is 9.90 Å². The summed E-state index contributed by atoms with van der Waals surface area (Å²) in [5, 5.41) is 10.8. The number of phenolic OH excluding ortho intramolecular Hbond substituents is 1. The number of nitrogens with zero attached hydrogens (tertiary/aromatic N) is 1. The van der Waals surface area contributed by atoms with Crippen molar-refractivity contribution in [2.45, 2.75) is 13.0 Å². The van der Waals surface area contributed by atoms with Gasteiger partial charge in [0.15, 0.2) is 0 Å². The van der Waals surface area contributed by atoms with E-state index in [1.54, 1.807) is 42.2 Å². The van der Waals surface area contributed by atoms with Gasteiger partial charge in [-0.05, 0) is 36.8 Å². The number of rotatable bonds is 2. The van der Waals surface area contributed by atoms with Gasteiger partial charge < -0.3 is 14.7 Å². The number of carbonyl (C=O) groups is 1. The second-order valence-electron chi connectivity index (χ2n) is 5.73. The van der Waals surface area contributed by atoms with Crippen LogP contribution >= 0.6 is 23.2 Å². The summed E-state index contributed by atoms with van der Waals surface area (Å²) in [6, 6.07) is 10.3. The average Bonchev–Trinajstić information content (AvgIpc) is 2.59. The predicted octanol–water partition coefficient (Wildman–Crippen LogP) is 4.22. The van der Waals surface area contributed by atoms with Crippen LogP contribution in [0.25, 0.3) is 0 Å². The Morgan fingerprint density at radius 1 is 1.25 bits per heavy atom. The molecule has 1 N–H and O–H groups in total. The number of phenols is 1. The van der Waals surface area contributed by atoms with Crippen molar-refractivity contribution in [1.29, 1.82) is 0 Å². The summed E-state index contributed by atoms with van der Waals surface area (Å²) in [7, 11) is 0. The van der Waals surface area contributed by atoms with Gasteiger partial charge in [-0.25, -0.2) is 0 Å². The molecule has 1 atom stereocenters. The molecule has 24 heavy (non-hydrogen) atoms. The molecule has 0 saturated carbocycles. The zero-order chi connectivity index (χ0) is 17.3. The number of hydrogen-bond acceptors (Lipinski definition) is 3. The summed E-state index contributed by atoms with van der Waals surface area (Å²) < 4.78 is 5.78. The number of benzene rings is 2. The second-order valence-corrected chi connectivity index (χ2v) is 6.55. The highest BCUT2D eigenvalue weighted by Crippen LogP contribution is 2.30. The van der Waals surface area contributed by atoms with E-state index >= 15 is 0 Å². The van der Waals surface area contributed by atoms with Crippen LogP contribution < -0.4 is 0 Å². The van der Waals surface area contributed by atoms with Gasteiger partial charge in [-0.2, -0.15) is 0 Å². The van der Waals surface area contributed by atoms with Crippen molar-refractivity contribution < 1.29 is 14.6 Å². The molecule has 1 fully saturated rings. The lowest BCUT2D eigenvalue weighted by Gasteiger charge is -2.33. The molecule has 3 rings (SSSR count). The van der Waals surface area contributed by atoms with E-state index in [0.29, 0.717) is 40.9 Å². The van der Waals surface area contributed by atoms with Gasteiger partial charge in [-0.1, -0.05) is 35.3 Å². The molecule has 1 aliphatic rings. The van der Waals surface area contributed by atoms with Gasteiger partial charge >= 0.3 is 0 Å². The summed E-state index contributed by atoms with van der Waals surface area (Å²) >= 11 is 12.0. The molecule has 4 nitrogen and oxygen atoms in total. The van der Waals surface area contributed by atoms with Gasteiger partial charge in [0, 0.05) is 17.7 Å². The van der Waals surface area contributed by atoms with E-state index in [1.807, 2.05) is 6.07 Å². The first-order valence-electron chi connectivity index (χ1n) is 7.62. The first kappa shape index (κ1) is 17.1. The fourth-order valence-corrected chi connectivity index (χ4v) is 3.08. The summed E-state index contributed by atoms with van der Waals surface area (Å²) in [5.74, 6) is 0.00639. The lowest BCUT2D eigenvalue weighted by Crippen LogP contribution is -2.42. The van der Waals surface area contributed by atoms with E-state index in [4.69, 9.17) is 27.9 Å². The Morgan fingerprint density at radius 2 is 2.04 bits per heavy atom. The minimum Gasteiger partial charge on any atom is -0.508 e. The molecule has 0 radical (unpaired) electrons. The Bertz CT molecular complexity index is 779. The number of aromatic hydroxyl groups is 1. The van der Waals surface area contributed by atoms with Crippen molar-refractivity contribution >= 4 is 29.1 Å². The van der Waals surface area contributed by atoms with Crippen LogP contribution in [0.15, 0.2) is 36.4 Å². The number of ether oxygens (including phenoxy) is 1. The third-order valence-electron chi connectivity index (χ3n) is 4.20. The lowest BCUT2D eigenvalue weighted by atomic mass is 10.0. The minimum absolute atomic E-state index is 0.114. The highest BCUT2D eigenvalue weighted by Gasteiger charge is 2.27. The third kappa shape index (κ3) is 3.36.